The monoisotopic (exact) mass is 352 g/mol. The van der Waals surface area contributed by atoms with Crippen LogP contribution in [-0.4, -0.2) is 41.9 Å². The number of aliphatic imine (C=N–C) groups is 1. The lowest BCUT2D eigenvalue weighted by Crippen LogP contribution is -2.54. The van der Waals surface area contributed by atoms with Crippen LogP contribution in [0.5, 0.6) is 0 Å². The molecule has 5 N–H and O–H groups in total. The van der Waals surface area contributed by atoms with Gasteiger partial charge in [-0.1, -0.05) is 20.8 Å². The van der Waals surface area contributed by atoms with E-state index in [2.05, 4.69) is 10.3 Å². The van der Waals surface area contributed by atoms with E-state index < -0.39 is 18.2 Å². The maximum Gasteiger partial charge on any atom is 0.217 e. The van der Waals surface area contributed by atoms with Gasteiger partial charge in [-0.05, 0) is 30.9 Å². The van der Waals surface area contributed by atoms with Crippen LogP contribution in [-0.2, 0) is 14.3 Å². The Balaban J connectivity index is 3.22. The number of carbonyl (C=O) groups is 2. The second kappa shape index (κ2) is 10.2. The summed E-state index contributed by atoms with van der Waals surface area (Å²) in [6.45, 7) is 7.50. The molecule has 1 aliphatic rings. The number of nitrogens with one attached hydrogen (secondary N) is 1. The molecule has 0 bridgehead atoms. The summed E-state index contributed by atoms with van der Waals surface area (Å²) < 4.78 is 6.18. The topological polar surface area (TPSA) is 120 Å². The van der Waals surface area contributed by atoms with Crippen LogP contribution < -0.4 is 16.8 Å². The molecule has 0 aromatic rings. The molecule has 1 rings (SSSR count). The van der Waals surface area contributed by atoms with Gasteiger partial charge in [0.15, 0.2) is 11.7 Å². The van der Waals surface area contributed by atoms with Crippen LogP contribution in [0.15, 0.2) is 16.6 Å². The number of nitrogens with zero attached hydrogens (tertiary/aromatic N) is 1. The molecule has 0 radical (unpaired) electrons. The zero-order valence-corrected chi connectivity index (χ0v) is 15.7. The molecule has 0 aromatic carbocycles. The summed E-state index contributed by atoms with van der Waals surface area (Å²) in [7, 11) is 0. The van der Waals surface area contributed by atoms with Crippen molar-refractivity contribution >= 4 is 17.6 Å². The van der Waals surface area contributed by atoms with Crippen LogP contribution in [0.1, 0.15) is 59.8 Å². The van der Waals surface area contributed by atoms with Gasteiger partial charge in [-0.2, -0.15) is 0 Å². The third-order valence-electron chi connectivity index (χ3n) is 4.34. The van der Waals surface area contributed by atoms with Gasteiger partial charge in [-0.25, -0.2) is 4.99 Å². The number of rotatable bonds is 9. The third kappa shape index (κ3) is 6.49. The molecule has 0 saturated heterocycles. The quantitative estimate of drug-likeness (QED) is 0.428. The number of amides is 1. The first-order valence-corrected chi connectivity index (χ1v) is 9.07. The number of nitrogens with two attached hydrogens (primary N) is 2. The summed E-state index contributed by atoms with van der Waals surface area (Å²) in [6, 6.07) is -0.826. The van der Waals surface area contributed by atoms with Crippen molar-refractivity contribution in [1.82, 2.24) is 5.32 Å². The van der Waals surface area contributed by atoms with Gasteiger partial charge in [0, 0.05) is 19.8 Å². The van der Waals surface area contributed by atoms with E-state index in [4.69, 9.17) is 16.2 Å². The summed E-state index contributed by atoms with van der Waals surface area (Å²) >= 11 is 0. The molecule has 1 aliphatic carbocycles. The highest BCUT2D eigenvalue weighted by molar-refractivity contribution is 5.95. The van der Waals surface area contributed by atoms with Gasteiger partial charge in [-0.3, -0.25) is 9.59 Å². The largest absolute Gasteiger partial charge is 0.370 e. The number of hydrogen-bond acceptors (Lipinski definition) is 4. The lowest BCUT2D eigenvalue weighted by atomic mass is 9.85. The summed E-state index contributed by atoms with van der Waals surface area (Å²) in [4.78, 5) is 28.3. The SMILES string of the molecule is CCCC(=O)C1=C[C@@H](OC(CC)CC)[C@H](NC(C)=O)[C@@H](N=C(N)N)C1. The molecule has 0 aromatic heterocycles. The van der Waals surface area contributed by atoms with Crippen molar-refractivity contribution in [3.63, 3.8) is 0 Å². The Bertz CT molecular complexity index is 522. The minimum atomic E-state index is -0.438. The number of guanidine groups is 1. The van der Waals surface area contributed by atoms with Gasteiger partial charge in [0.05, 0.1) is 24.3 Å². The van der Waals surface area contributed by atoms with Crippen LogP contribution >= 0.6 is 0 Å². The molecular formula is C18H32N4O3. The first kappa shape index (κ1) is 21.2. The van der Waals surface area contributed by atoms with E-state index >= 15 is 0 Å². The molecule has 7 nitrogen and oxygen atoms in total. The summed E-state index contributed by atoms with van der Waals surface area (Å²) in [5, 5.41) is 2.89. The van der Waals surface area contributed by atoms with Crippen molar-refractivity contribution in [3.8, 4) is 0 Å². The predicted octanol–water partition coefficient (Wildman–Crippen LogP) is 1.41. The maximum atomic E-state index is 12.4. The van der Waals surface area contributed by atoms with E-state index in [1.807, 2.05) is 26.8 Å². The van der Waals surface area contributed by atoms with E-state index in [1.54, 1.807) is 0 Å². The Morgan fingerprint density at radius 1 is 1.32 bits per heavy atom. The van der Waals surface area contributed by atoms with Gasteiger partial charge in [0.2, 0.25) is 5.91 Å². The fraction of sp³-hybridized carbons (Fsp3) is 0.722. The van der Waals surface area contributed by atoms with E-state index in [-0.39, 0.29) is 23.8 Å². The van der Waals surface area contributed by atoms with Gasteiger partial charge < -0.3 is 21.5 Å². The molecule has 0 saturated carbocycles. The zero-order chi connectivity index (χ0) is 19.0. The summed E-state index contributed by atoms with van der Waals surface area (Å²) in [6.07, 6.45) is 4.78. The highest BCUT2D eigenvalue weighted by atomic mass is 16.5. The number of Topliss-reactive ketones (excluding diaryl/α,β-unsaturated/α-hetero) is 1. The van der Waals surface area contributed by atoms with Crippen molar-refractivity contribution < 1.29 is 14.3 Å². The number of ether oxygens (including phenoxy) is 1. The predicted molar refractivity (Wildman–Crippen MR) is 99.1 cm³/mol. The standard InChI is InChI=1S/C18H32N4O3/c1-5-8-15(24)12-9-14(22-18(19)20)17(21-11(4)23)16(10-12)25-13(6-2)7-3/h10,13-14,16-17H,5-9H2,1-4H3,(H,21,23)(H4,19,20,22)/t14-,16+,17+/m0/s1. The molecule has 142 valence electrons. The van der Waals surface area contributed by atoms with E-state index in [0.29, 0.717) is 18.4 Å². The molecule has 1 amide bonds. The van der Waals surface area contributed by atoms with Crippen molar-refractivity contribution in [2.24, 2.45) is 16.5 Å². The maximum absolute atomic E-state index is 12.4. The van der Waals surface area contributed by atoms with E-state index in [9.17, 15) is 9.59 Å². The molecule has 0 heterocycles. The molecule has 3 atom stereocenters. The van der Waals surface area contributed by atoms with Crippen molar-refractivity contribution in [2.45, 2.75) is 84.1 Å². The van der Waals surface area contributed by atoms with Crippen LogP contribution in [0.4, 0.5) is 0 Å². The summed E-state index contributed by atoms with van der Waals surface area (Å²) in [5.41, 5.74) is 11.8. The number of carbonyl (C=O) groups excluding carboxylic acids is 2. The lowest BCUT2D eigenvalue weighted by molar-refractivity contribution is -0.121. The molecule has 0 aliphatic heterocycles. The lowest BCUT2D eigenvalue weighted by Gasteiger charge is -2.37. The van der Waals surface area contributed by atoms with Crippen LogP contribution in [0.2, 0.25) is 0 Å². The van der Waals surface area contributed by atoms with Crippen LogP contribution in [0, 0.1) is 0 Å². The number of hydrogen-bond donors (Lipinski definition) is 3. The molecule has 25 heavy (non-hydrogen) atoms. The fourth-order valence-electron chi connectivity index (χ4n) is 3.09. The van der Waals surface area contributed by atoms with Gasteiger partial charge in [0.1, 0.15) is 0 Å². The molecule has 0 spiro atoms. The molecule has 7 heteroatoms. The Kier molecular flexibility index (Phi) is 8.61. The normalized spacial score (nSPS) is 23.1. The third-order valence-corrected chi connectivity index (χ3v) is 4.34. The first-order chi connectivity index (χ1) is 11.8. The Morgan fingerprint density at radius 3 is 2.44 bits per heavy atom. The van der Waals surface area contributed by atoms with Gasteiger partial charge in [-0.15, -0.1) is 0 Å². The minimum absolute atomic E-state index is 0.0398. The van der Waals surface area contributed by atoms with E-state index in [1.165, 1.54) is 6.92 Å². The Labute approximate surface area is 150 Å². The first-order valence-electron chi connectivity index (χ1n) is 9.07. The fourth-order valence-corrected chi connectivity index (χ4v) is 3.09. The Hall–Kier alpha value is -1.89. The average Bonchev–Trinajstić information content (AvgIpc) is 2.54. The van der Waals surface area contributed by atoms with Crippen molar-refractivity contribution in [3.05, 3.63) is 11.6 Å². The van der Waals surface area contributed by atoms with Crippen LogP contribution in [0.3, 0.4) is 0 Å². The highest BCUT2D eigenvalue weighted by Crippen LogP contribution is 2.27. The Morgan fingerprint density at radius 2 is 1.96 bits per heavy atom. The molecule has 0 unspecified atom stereocenters. The smallest absolute Gasteiger partial charge is 0.217 e. The van der Waals surface area contributed by atoms with Crippen molar-refractivity contribution in [1.29, 1.82) is 0 Å². The second-order valence-corrected chi connectivity index (χ2v) is 6.46. The highest BCUT2D eigenvalue weighted by Gasteiger charge is 2.37. The van der Waals surface area contributed by atoms with Crippen molar-refractivity contribution in [2.75, 3.05) is 0 Å². The van der Waals surface area contributed by atoms with Gasteiger partial charge >= 0.3 is 0 Å². The number of ketones is 1. The summed E-state index contributed by atoms with van der Waals surface area (Å²) in [5.74, 6) is -0.167. The van der Waals surface area contributed by atoms with Crippen LogP contribution in [0.25, 0.3) is 0 Å². The molecule has 0 fully saturated rings. The minimum Gasteiger partial charge on any atom is -0.370 e. The van der Waals surface area contributed by atoms with E-state index in [0.717, 1.165) is 19.3 Å². The van der Waals surface area contributed by atoms with Gasteiger partial charge in [0.25, 0.3) is 0 Å². The second-order valence-electron chi connectivity index (χ2n) is 6.46. The zero-order valence-electron chi connectivity index (χ0n) is 15.7. The molecular weight excluding hydrogens is 320 g/mol. The average molecular weight is 352 g/mol.